The monoisotopic (exact) mass is 319 g/mol. The lowest BCUT2D eigenvalue weighted by atomic mass is 10.0. The highest BCUT2D eigenvalue weighted by atomic mass is 16.5. The highest BCUT2D eigenvalue weighted by molar-refractivity contribution is 5.40. The summed E-state index contributed by atoms with van der Waals surface area (Å²) in [4.78, 5) is 10.8. The molecule has 6 heteroatoms. The molecule has 1 aliphatic carbocycles. The third kappa shape index (κ3) is 3.34. The maximum absolute atomic E-state index is 6.26. The molecule has 0 spiro atoms. The minimum atomic E-state index is 0.165. The van der Waals surface area contributed by atoms with Crippen LogP contribution < -0.4 is 4.90 Å². The van der Waals surface area contributed by atoms with Gasteiger partial charge in [-0.3, -0.25) is 0 Å². The summed E-state index contributed by atoms with van der Waals surface area (Å²) in [5, 5.41) is 0. The Morgan fingerprint density at radius 2 is 2.09 bits per heavy atom. The first-order valence-corrected chi connectivity index (χ1v) is 8.75. The number of anilines is 1. The Bertz CT molecular complexity index is 495. The van der Waals surface area contributed by atoms with Crippen LogP contribution in [0.5, 0.6) is 0 Å². The number of hydrogen-bond acceptors (Lipinski definition) is 6. The average molecular weight is 319 g/mol. The van der Waals surface area contributed by atoms with Gasteiger partial charge in [0.25, 0.3) is 0 Å². The molecule has 3 fully saturated rings. The van der Waals surface area contributed by atoms with Gasteiger partial charge in [-0.05, 0) is 37.7 Å². The van der Waals surface area contributed by atoms with Crippen LogP contribution in [0, 0.1) is 5.92 Å². The molecule has 0 amide bonds. The SMILES string of the molecule is c1cc(N2CCO[C@H]3[C@H](OCC4CCOCC4)CC[C@@H]32)ncn1. The van der Waals surface area contributed by atoms with Gasteiger partial charge in [0.2, 0.25) is 0 Å². The summed E-state index contributed by atoms with van der Waals surface area (Å²) < 4.78 is 17.7. The van der Waals surface area contributed by atoms with Crippen LogP contribution in [0.1, 0.15) is 25.7 Å². The summed E-state index contributed by atoms with van der Waals surface area (Å²) in [6, 6.07) is 2.36. The van der Waals surface area contributed by atoms with Crippen molar-refractivity contribution in [3.8, 4) is 0 Å². The van der Waals surface area contributed by atoms with E-state index in [1.54, 1.807) is 12.5 Å². The number of nitrogens with zero attached hydrogens (tertiary/aromatic N) is 3. The lowest BCUT2D eigenvalue weighted by Crippen LogP contribution is -2.52. The van der Waals surface area contributed by atoms with Crippen LogP contribution in [-0.4, -0.2) is 61.2 Å². The molecule has 0 N–H and O–H groups in total. The Hall–Kier alpha value is -1.24. The van der Waals surface area contributed by atoms with Crippen molar-refractivity contribution in [3.63, 3.8) is 0 Å². The molecule has 1 aromatic heterocycles. The van der Waals surface area contributed by atoms with E-state index in [-0.39, 0.29) is 12.2 Å². The molecule has 2 aliphatic heterocycles. The Morgan fingerprint density at radius 3 is 2.91 bits per heavy atom. The fraction of sp³-hybridized carbons (Fsp3) is 0.765. The van der Waals surface area contributed by atoms with E-state index >= 15 is 0 Å². The van der Waals surface area contributed by atoms with Gasteiger partial charge in [-0.1, -0.05) is 0 Å². The topological polar surface area (TPSA) is 56.7 Å². The highest BCUT2D eigenvalue weighted by Crippen LogP contribution is 2.34. The average Bonchev–Trinajstić information content (AvgIpc) is 3.05. The molecule has 3 atom stereocenters. The van der Waals surface area contributed by atoms with E-state index in [0.717, 1.165) is 64.5 Å². The largest absolute Gasteiger partial charge is 0.381 e. The maximum atomic E-state index is 6.26. The summed E-state index contributed by atoms with van der Waals surface area (Å²) >= 11 is 0. The van der Waals surface area contributed by atoms with Crippen molar-refractivity contribution in [1.29, 1.82) is 0 Å². The van der Waals surface area contributed by atoms with E-state index in [1.165, 1.54) is 0 Å². The quantitative estimate of drug-likeness (QED) is 0.841. The first-order valence-electron chi connectivity index (χ1n) is 8.75. The Kier molecular flexibility index (Phi) is 4.73. The van der Waals surface area contributed by atoms with Gasteiger partial charge in [-0.15, -0.1) is 0 Å². The Labute approximate surface area is 137 Å². The van der Waals surface area contributed by atoms with E-state index in [9.17, 15) is 0 Å². The highest BCUT2D eigenvalue weighted by Gasteiger charge is 2.44. The molecule has 0 aromatic carbocycles. The zero-order valence-electron chi connectivity index (χ0n) is 13.5. The molecule has 1 saturated carbocycles. The minimum Gasteiger partial charge on any atom is -0.381 e. The van der Waals surface area contributed by atoms with E-state index in [1.807, 2.05) is 6.07 Å². The van der Waals surface area contributed by atoms with Crippen LogP contribution in [0.25, 0.3) is 0 Å². The summed E-state index contributed by atoms with van der Waals surface area (Å²) in [6.45, 7) is 4.23. The lowest BCUT2D eigenvalue weighted by molar-refractivity contribution is -0.0862. The van der Waals surface area contributed by atoms with Gasteiger partial charge >= 0.3 is 0 Å². The standard InChI is InChI=1S/C17H25N3O3/c1-2-15(23-11-13-4-8-21-9-5-13)17-14(1)20(7-10-22-17)16-3-6-18-12-19-16/h3,6,12-15,17H,1-2,4-5,7-11H2/t14-,15+,17+/m0/s1. The molecule has 0 radical (unpaired) electrons. The number of rotatable bonds is 4. The van der Waals surface area contributed by atoms with Gasteiger partial charge in [0.05, 0.1) is 25.4 Å². The van der Waals surface area contributed by atoms with E-state index in [2.05, 4.69) is 14.9 Å². The zero-order valence-corrected chi connectivity index (χ0v) is 13.5. The van der Waals surface area contributed by atoms with Crippen molar-refractivity contribution in [2.45, 2.75) is 43.9 Å². The predicted molar refractivity (Wildman–Crippen MR) is 85.4 cm³/mol. The van der Waals surface area contributed by atoms with Crippen molar-refractivity contribution in [2.75, 3.05) is 37.9 Å². The van der Waals surface area contributed by atoms with Crippen LogP contribution in [0.4, 0.5) is 5.82 Å². The molecule has 4 rings (SSSR count). The normalized spacial score (nSPS) is 32.0. The van der Waals surface area contributed by atoms with Crippen molar-refractivity contribution in [2.24, 2.45) is 5.92 Å². The molecular formula is C17H25N3O3. The van der Waals surface area contributed by atoms with Gasteiger partial charge in [-0.2, -0.15) is 0 Å². The molecule has 3 aliphatic rings. The first kappa shape index (κ1) is 15.3. The van der Waals surface area contributed by atoms with Gasteiger partial charge < -0.3 is 19.1 Å². The molecular weight excluding hydrogens is 294 g/mol. The van der Waals surface area contributed by atoms with Crippen molar-refractivity contribution in [1.82, 2.24) is 9.97 Å². The number of fused-ring (bicyclic) bond motifs is 1. The van der Waals surface area contributed by atoms with Gasteiger partial charge in [0.15, 0.2) is 0 Å². The third-order valence-electron chi connectivity index (χ3n) is 5.28. The van der Waals surface area contributed by atoms with E-state index < -0.39 is 0 Å². The number of morpholine rings is 1. The molecule has 126 valence electrons. The Balaban J connectivity index is 1.37. The second-order valence-electron chi connectivity index (χ2n) is 6.67. The second-order valence-corrected chi connectivity index (χ2v) is 6.67. The summed E-state index contributed by atoms with van der Waals surface area (Å²) in [5.74, 6) is 1.65. The van der Waals surface area contributed by atoms with Crippen LogP contribution >= 0.6 is 0 Å². The zero-order chi connectivity index (χ0) is 15.5. The van der Waals surface area contributed by atoms with Crippen LogP contribution in [-0.2, 0) is 14.2 Å². The molecule has 0 bridgehead atoms. The second kappa shape index (κ2) is 7.11. The van der Waals surface area contributed by atoms with Crippen molar-refractivity contribution < 1.29 is 14.2 Å². The van der Waals surface area contributed by atoms with Crippen LogP contribution in [0.3, 0.4) is 0 Å². The molecule has 3 heterocycles. The first-order chi connectivity index (χ1) is 11.4. The van der Waals surface area contributed by atoms with E-state index in [4.69, 9.17) is 14.2 Å². The van der Waals surface area contributed by atoms with Crippen molar-refractivity contribution >= 4 is 5.82 Å². The molecule has 1 aromatic rings. The van der Waals surface area contributed by atoms with Crippen molar-refractivity contribution in [3.05, 3.63) is 18.6 Å². The van der Waals surface area contributed by atoms with Crippen LogP contribution in [0.15, 0.2) is 18.6 Å². The molecule has 6 nitrogen and oxygen atoms in total. The number of aromatic nitrogens is 2. The fourth-order valence-electron chi connectivity index (χ4n) is 4.00. The fourth-order valence-corrected chi connectivity index (χ4v) is 4.00. The summed E-state index contributed by atoms with van der Waals surface area (Å²) in [5.41, 5.74) is 0. The number of hydrogen-bond donors (Lipinski definition) is 0. The van der Waals surface area contributed by atoms with Gasteiger partial charge in [0.1, 0.15) is 18.2 Å². The van der Waals surface area contributed by atoms with E-state index in [0.29, 0.717) is 12.0 Å². The third-order valence-corrected chi connectivity index (χ3v) is 5.28. The van der Waals surface area contributed by atoms with Gasteiger partial charge in [-0.25, -0.2) is 9.97 Å². The van der Waals surface area contributed by atoms with Crippen LogP contribution in [0.2, 0.25) is 0 Å². The Morgan fingerprint density at radius 1 is 1.17 bits per heavy atom. The molecule has 2 saturated heterocycles. The lowest BCUT2D eigenvalue weighted by Gasteiger charge is -2.39. The van der Waals surface area contributed by atoms with Gasteiger partial charge in [0, 0.05) is 26.0 Å². The smallest absolute Gasteiger partial charge is 0.132 e. The number of ether oxygens (including phenoxy) is 3. The summed E-state index contributed by atoms with van der Waals surface area (Å²) in [6.07, 6.45) is 8.22. The maximum Gasteiger partial charge on any atom is 0.132 e. The molecule has 0 unspecified atom stereocenters. The molecule has 23 heavy (non-hydrogen) atoms. The summed E-state index contributed by atoms with van der Waals surface area (Å²) in [7, 11) is 0. The predicted octanol–water partition coefficient (Wildman–Crippen LogP) is 1.66. The minimum absolute atomic E-state index is 0.165.